The summed E-state index contributed by atoms with van der Waals surface area (Å²) in [7, 11) is 0. The second-order valence-corrected chi connectivity index (χ2v) is 9.29. The van der Waals surface area contributed by atoms with E-state index in [9.17, 15) is 5.11 Å². The number of aliphatic hydroxyl groups is 1. The molecule has 3 aromatic rings. The summed E-state index contributed by atoms with van der Waals surface area (Å²) in [5.41, 5.74) is 0.396. The third-order valence-electron chi connectivity index (χ3n) is 5.87. The lowest BCUT2D eigenvalue weighted by Crippen LogP contribution is -2.47. The molecule has 0 spiro atoms. The van der Waals surface area contributed by atoms with Gasteiger partial charge in [0.2, 0.25) is 0 Å². The molecule has 2 heterocycles. The first-order chi connectivity index (χ1) is 16.0. The van der Waals surface area contributed by atoms with Crippen LogP contribution in [-0.2, 0) is 13.1 Å². The number of aryl methyl sites for hydroxylation is 1. The van der Waals surface area contributed by atoms with E-state index in [0.29, 0.717) is 35.2 Å². The number of ether oxygens (including phenoxy) is 2. The first-order valence-corrected chi connectivity index (χ1v) is 12.0. The fourth-order valence-electron chi connectivity index (χ4n) is 3.85. The summed E-state index contributed by atoms with van der Waals surface area (Å²) in [6.07, 6.45) is 5.97. The van der Waals surface area contributed by atoms with Gasteiger partial charge in [0, 0.05) is 51.1 Å². The van der Waals surface area contributed by atoms with Crippen molar-refractivity contribution >= 4 is 23.2 Å². The Bertz CT molecular complexity index is 1000. The lowest BCUT2D eigenvalue weighted by molar-refractivity contribution is -0.0537. The highest BCUT2D eigenvalue weighted by atomic mass is 35.5. The Kier molecular flexibility index (Phi) is 8.15. The van der Waals surface area contributed by atoms with Gasteiger partial charge in [-0.25, -0.2) is 0 Å². The van der Waals surface area contributed by atoms with Crippen LogP contribution in [0.15, 0.2) is 60.9 Å². The molecule has 0 aliphatic carbocycles. The fourth-order valence-corrected chi connectivity index (χ4v) is 4.14. The topological polar surface area (TPSA) is 59.8 Å². The van der Waals surface area contributed by atoms with E-state index in [4.69, 9.17) is 32.7 Å². The summed E-state index contributed by atoms with van der Waals surface area (Å²) in [5.74, 6) is 1.50. The first-order valence-electron chi connectivity index (χ1n) is 11.2. The number of hydrogen-bond acceptors (Lipinski definition) is 5. The molecule has 33 heavy (non-hydrogen) atoms. The molecule has 176 valence electrons. The van der Waals surface area contributed by atoms with E-state index < -0.39 is 5.60 Å². The Labute approximate surface area is 204 Å². The van der Waals surface area contributed by atoms with Crippen molar-refractivity contribution in [2.24, 2.45) is 0 Å². The zero-order chi connectivity index (χ0) is 23.1. The quantitative estimate of drug-likeness (QED) is 0.403. The average Bonchev–Trinajstić information content (AvgIpc) is 3.34. The van der Waals surface area contributed by atoms with Gasteiger partial charge in [-0.1, -0.05) is 35.3 Å². The summed E-state index contributed by atoms with van der Waals surface area (Å²) in [4.78, 5) is 2.35. The van der Waals surface area contributed by atoms with Crippen LogP contribution in [0.5, 0.6) is 11.5 Å². The van der Waals surface area contributed by atoms with Gasteiger partial charge in [0.05, 0.1) is 16.7 Å². The van der Waals surface area contributed by atoms with Gasteiger partial charge in [0.15, 0.2) is 0 Å². The Morgan fingerprint density at radius 2 is 1.73 bits per heavy atom. The highest BCUT2D eigenvalue weighted by Crippen LogP contribution is 2.29. The molecular weight excluding hydrogens is 461 g/mol. The smallest absolute Gasteiger partial charge is 0.121 e. The van der Waals surface area contributed by atoms with Crippen LogP contribution in [0.4, 0.5) is 0 Å². The maximum Gasteiger partial charge on any atom is 0.121 e. The number of benzene rings is 2. The molecule has 1 saturated heterocycles. The number of rotatable bonds is 10. The first kappa shape index (κ1) is 23.9. The lowest BCUT2D eigenvalue weighted by Gasteiger charge is -2.38. The number of nitrogens with zero attached hydrogens (tertiary/aromatic N) is 3. The van der Waals surface area contributed by atoms with Crippen LogP contribution in [0.2, 0.25) is 10.0 Å². The molecular formula is C25H29Cl2N3O3. The summed E-state index contributed by atoms with van der Waals surface area (Å²) < 4.78 is 13.5. The molecule has 0 unspecified atom stereocenters. The van der Waals surface area contributed by atoms with Gasteiger partial charge in [-0.3, -0.25) is 9.58 Å². The highest BCUT2D eigenvalue weighted by molar-refractivity contribution is 6.42. The zero-order valence-electron chi connectivity index (χ0n) is 18.5. The summed E-state index contributed by atoms with van der Waals surface area (Å²) >= 11 is 12.0. The normalized spacial score (nSPS) is 16.0. The van der Waals surface area contributed by atoms with Gasteiger partial charge >= 0.3 is 0 Å². The molecule has 1 aliphatic heterocycles. The van der Waals surface area contributed by atoms with Crippen molar-refractivity contribution in [3.05, 3.63) is 76.5 Å². The fraction of sp³-hybridized carbons (Fsp3) is 0.400. The van der Waals surface area contributed by atoms with Crippen LogP contribution in [-0.4, -0.2) is 51.7 Å². The van der Waals surface area contributed by atoms with Crippen molar-refractivity contribution in [3.8, 4) is 11.5 Å². The van der Waals surface area contributed by atoms with Gasteiger partial charge in [-0.05, 0) is 48.7 Å². The molecule has 8 heteroatoms. The van der Waals surface area contributed by atoms with Crippen LogP contribution in [0.1, 0.15) is 24.8 Å². The van der Waals surface area contributed by atoms with E-state index in [1.54, 1.807) is 24.4 Å². The summed E-state index contributed by atoms with van der Waals surface area (Å²) in [6, 6.07) is 15.3. The van der Waals surface area contributed by atoms with E-state index in [2.05, 4.69) is 22.1 Å². The molecule has 0 atom stereocenters. The second kappa shape index (κ2) is 11.3. The molecule has 4 rings (SSSR count). The molecule has 2 aromatic carbocycles. The van der Waals surface area contributed by atoms with E-state index in [-0.39, 0.29) is 6.61 Å². The lowest BCUT2D eigenvalue weighted by atomic mass is 9.92. The Hall–Kier alpha value is -2.25. The highest BCUT2D eigenvalue weighted by Gasteiger charge is 2.33. The molecule has 0 radical (unpaired) electrons. The van der Waals surface area contributed by atoms with Crippen LogP contribution >= 0.6 is 23.2 Å². The third-order valence-corrected chi connectivity index (χ3v) is 6.61. The van der Waals surface area contributed by atoms with Crippen molar-refractivity contribution in [2.75, 3.05) is 26.3 Å². The van der Waals surface area contributed by atoms with Crippen molar-refractivity contribution in [1.82, 2.24) is 14.7 Å². The van der Waals surface area contributed by atoms with Gasteiger partial charge < -0.3 is 14.6 Å². The van der Waals surface area contributed by atoms with Gasteiger partial charge in [0.25, 0.3) is 0 Å². The predicted molar refractivity (Wildman–Crippen MR) is 130 cm³/mol. The monoisotopic (exact) mass is 489 g/mol. The number of halogens is 2. The van der Waals surface area contributed by atoms with Crippen LogP contribution in [0.25, 0.3) is 0 Å². The molecule has 6 nitrogen and oxygen atoms in total. The van der Waals surface area contributed by atoms with E-state index in [1.807, 2.05) is 29.1 Å². The van der Waals surface area contributed by atoms with Gasteiger partial charge in [0.1, 0.15) is 23.7 Å². The van der Waals surface area contributed by atoms with Gasteiger partial charge in [-0.15, -0.1) is 0 Å². The van der Waals surface area contributed by atoms with Crippen molar-refractivity contribution in [2.45, 2.75) is 38.0 Å². The Balaban J connectivity index is 1.17. The average molecular weight is 490 g/mol. The standard InChI is InChI=1S/C25H29Cl2N3O3/c26-23-8-7-22(17-24(23)27)33-19-25(31)9-14-29(15-10-25)18-20-3-5-21(6-4-20)32-16-2-13-30-12-1-11-28-30/h1,3-8,11-12,17,31H,2,9-10,13-16,18-19H2. The van der Waals surface area contributed by atoms with E-state index in [1.165, 1.54) is 5.56 Å². The number of hydrogen-bond donors (Lipinski definition) is 1. The van der Waals surface area contributed by atoms with Crippen LogP contribution in [0, 0.1) is 0 Å². The maximum atomic E-state index is 10.9. The maximum absolute atomic E-state index is 10.9. The minimum absolute atomic E-state index is 0.241. The largest absolute Gasteiger partial charge is 0.494 e. The SMILES string of the molecule is OC1(COc2ccc(Cl)c(Cl)c2)CCN(Cc2ccc(OCCCn3cccn3)cc2)CC1. The molecule has 0 amide bonds. The summed E-state index contributed by atoms with van der Waals surface area (Å²) in [5, 5.41) is 16.0. The number of piperidine rings is 1. The second-order valence-electron chi connectivity index (χ2n) is 8.48. The Morgan fingerprint density at radius 1 is 0.970 bits per heavy atom. The molecule has 1 aliphatic rings. The van der Waals surface area contributed by atoms with E-state index in [0.717, 1.165) is 38.3 Å². The van der Waals surface area contributed by atoms with Crippen LogP contribution in [0.3, 0.4) is 0 Å². The number of aromatic nitrogens is 2. The zero-order valence-corrected chi connectivity index (χ0v) is 20.0. The van der Waals surface area contributed by atoms with Gasteiger partial charge in [-0.2, -0.15) is 5.10 Å². The van der Waals surface area contributed by atoms with E-state index >= 15 is 0 Å². The molecule has 1 N–H and O–H groups in total. The van der Waals surface area contributed by atoms with Crippen molar-refractivity contribution in [3.63, 3.8) is 0 Å². The Morgan fingerprint density at radius 3 is 2.42 bits per heavy atom. The number of likely N-dealkylation sites (tertiary alicyclic amines) is 1. The summed E-state index contributed by atoms with van der Waals surface area (Å²) in [6.45, 7) is 4.23. The predicted octanol–water partition coefficient (Wildman–Crippen LogP) is 5.06. The van der Waals surface area contributed by atoms with Crippen LogP contribution < -0.4 is 9.47 Å². The molecule has 1 fully saturated rings. The molecule has 0 saturated carbocycles. The molecule has 0 bridgehead atoms. The minimum atomic E-state index is -0.837. The van der Waals surface area contributed by atoms with Crippen molar-refractivity contribution < 1.29 is 14.6 Å². The molecule has 1 aromatic heterocycles. The third kappa shape index (κ3) is 7.11. The van der Waals surface area contributed by atoms with Crippen molar-refractivity contribution in [1.29, 1.82) is 0 Å². The minimum Gasteiger partial charge on any atom is -0.494 e.